The number of anilines is 1. The molecular formula is C22H24N2O4. The summed E-state index contributed by atoms with van der Waals surface area (Å²) >= 11 is 0. The Hall–Kier alpha value is -3.15. The zero-order valence-electron chi connectivity index (χ0n) is 16.2. The average Bonchev–Trinajstić information content (AvgIpc) is 2.91. The van der Waals surface area contributed by atoms with Crippen molar-refractivity contribution in [2.24, 2.45) is 0 Å². The zero-order valence-corrected chi connectivity index (χ0v) is 16.2. The summed E-state index contributed by atoms with van der Waals surface area (Å²) in [6.07, 6.45) is 1.48. The van der Waals surface area contributed by atoms with Crippen LogP contribution in [0.15, 0.2) is 42.5 Å². The predicted molar refractivity (Wildman–Crippen MR) is 107 cm³/mol. The fourth-order valence-electron chi connectivity index (χ4n) is 3.13. The summed E-state index contributed by atoms with van der Waals surface area (Å²) in [6, 6.07) is 12.5. The van der Waals surface area contributed by atoms with Crippen LogP contribution in [0.25, 0.3) is 0 Å². The van der Waals surface area contributed by atoms with E-state index in [0.29, 0.717) is 35.6 Å². The van der Waals surface area contributed by atoms with Gasteiger partial charge in [-0.25, -0.2) is 0 Å². The highest BCUT2D eigenvalue weighted by Gasteiger charge is 2.34. The van der Waals surface area contributed by atoms with Gasteiger partial charge in [0, 0.05) is 13.0 Å². The number of hydrogen-bond donors (Lipinski definition) is 1. The van der Waals surface area contributed by atoms with Crippen LogP contribution in [-0.2, 0) is 4.79 Å². The molecule has 2 aromatic carbocycles. The van der Waals surface area contributed by atoms with Gasteiger partial charge in [-0.1, -0.05) is 30.7 Å². The van der Waals surface area contributed by atoms with Crippen LogP contribution in [0, 0.1) is 6.92 Å². The molecular weight excluding hydrogens is 356 g/mol. The Morgan fingerprint density at radius 3 is 2.61 bits per heavy atom. The highest BCUT2D eigenvalue weighted by molar-refractivity contribution is 6.21. The Morgan fingerprint density at radius 1 is 1.07 bits per heavy atom. The fourth-order valence-corrected chi connectivity index (χ4v) is 3.13. The number of ether oxygens (including phenoxy) is 1. The van der Waals surface area contributed by atoms with Gasteiger partial charge in [0.25, 0.3) is 11.8 Å². The minimum absolute atomic E-state index is 0.181. The minimum Gasteiger partial charge on any atom is -0.491 e. The van der Waals surface area contributed by atoms with E-state index in [9.17, 15) is 14.4 Å². The molecule has 1 aliphatic heterocycles. The number of para-hydroxylation sites is 2. The summed E-state index contributed by atoms with van der Waals surface area (Å²) < 4.78 is 5.63. The Labute approximate surface area is 164 Å². The van der Waals surface area contributed by atoms with Crippen LogP contribution in [0.1, 0.15) is 52.5 Å². The lowest BCUT2D eigenvalue weighted by Crippen LogP contribution is -2.31. The molecule has 0 unspecified atom stereocenters. The van der Waals surface area contributed by atoms with Gasteiger partial charge in [0.15, 0.2) is 0 Å². The van der Waals surface area contributed by atoms with Gasteiger partial charge in [0.2, 0.25) is 5.91 Å². The quantitative estimate of drug-likeness (QED) is 0.707. The van der Waals surface area contributed by atoms with E-state index in [4.69, 9.17) is 4.74 Å². The predicted octanol–water partition coefficient (Wildman–Crippen LogP) is 3.80. The van der Waals surface area contributed by atoms with Gasteiger partial charge in [0.1, 0.15) is 5.75 Å². The Bertz CT molecular complexity index is 907. The Morgan fingerprint density at radius 2 is 1.82 bits per heavy atom. The molecule has 0 fully saturated rings. The molecule has 0 saturated heterocycles. The summed E-state index contributed by atoms with van der Waals surface area (Å²) in [4.78, 5) is 38.4. The molecule has 3 rings (SSSR count). The molecule has 0 aliphatic carbocycles. The first-order valence-electron chi connectivity index (χ1n) is 9.49. The standard InChI is InChI=1S/C22H24N2O4/c1-3-13-28-19-8-5-4-7-18(19)23-20(25)9-6-12-24-21(26)16-11-10-15(2)14-17(16)22(24)27/h4-5,7-8,10-11,14H,3,6,9,12-13H2,1-2H3,(H,23,25). The van der Waals surface area contributed by atoms with Crippen LogP contribution in [-0.4, -0.2) is 35.8 Å². The van der Waals surface area contributed by atoms with E-state index >= 15 is 0 Å². The molecule has 0 radical (unpaired) electrons. The molecule has 0 aromatic heterocycles. The maximum absolute atomic E-state index is 12.5. The molecule has 1 aliphatic rings. The van der Waals surface area contributed by atoms with Crippen molar-refractivity contribution in [2.45, 2.75) is 33.1 Å². The van der Waals surface area contributed by atoms with Gasteiger partial charge in [0.05, 0.1) is 23.4 Å². The zero-order chi connectivity index (χ0) is 20.1. The monoisotopic (exact) mass is 380 g/mol. The van der Waals surface area contributed by atoms with Crippen molar-refractivity contribution in [1.29, 1.82) is 0 Å². The normalized spacial score (nSPS) is 12.9. The topological polar surface area (TPSA) is 75.7 Å². The van der Waals surface area contributed by atoms with Crippen LogP contribution < -0.4 is 10.1 Å². The second-order valence-corrected chi connectivity index (χ2v) is 6.81. The molecule has 6 heteroatoms. The first kappa shape index (κ1) is 19.6. The lowest BCUT2D eigenvalue weighted by atomic mass is 10.1. The van der Waals surface area contributed by atoms with Crippen molar-refractivity contribution in [3.05, 3.63) is 59.2 Å². The van der Waals surface area contributed by atoms with Gasteiger partial charge in [-0.2, -0.15) is 0 Å². The lowest BCUT2D eigenvalue weighted by Gasteiger charge is -2.14. The average molecular weight is 380 g/mol. The van der Waals surface area contributed by atoms with E-state index in [1.54, 1.807) is 18.2 Å². The van der Waals surface area contributed by atoms with Crippen molar-refractivity contribution >= 4 is 23.4 Å². The molecule has 146 valence electrons. The molecule has 0 spiro atoms. The van der Waals surface area contributed by atoms with E-state index in [-0.39, 0.29) is 30.7 Å². The number of rotatable bonds is 8. The van der Waals surface area contributed by atoms with Crippen LogP contribution in [0.5, 0.6) is 5.75 Å². The molecule has 3 amide bonds. The third-order valence-electron chi connectivity index (χ3n) is 4.53. The van der Waals surface area contributed by atoms with Crippen LogP contribution >= 0.6 is 0 Å². The number of aryl methyl sites for hydroxylation is 1. The van der Waals surface area contributed by atoms with Crippen molar-refractivity contribution in [2.75, 3.05) is 18.5 Å². The molecule has 0 bridgehead atoms. The second-order valence-electron chi connectivity index (χ2n) is 6.81. The fraction of sp³-hybridized carbons (Fsp3) is 0.318. The smallest absolute Gasteiger partial charge is 0.261 e. The number of carbonyl (C=O) groups is 3. The van der Waals surface area contributed by atoms with Gasteiger partial charge < -0.3 is 10.1 Å². The van der Waals surface area contributed by atoms with Crippen LogP contribution in [0.3, 0.4) is 0 Å². The Balaban J connectivity index is 1.54. The van der Waals surface area contributed by atoms with E-state index in [1.165, 1.54) is 4.90 Å². The number of imide groups is 1. The number of benzene rings is 2. The van der Waals surface area contributed by atoms with Gasteiger partial charge in [-0.3, -0.25) is 19.3 Å². The highest BCUT2D eigenvalue weighted by Crippen LogP contribution is 2.25. The third kappa shape index (κ3) is 4.22. The number of fused-ring (bicyclic) bond motifs is 1. The van der Waals surface area contributed by atoms with Crippen LogP contribution in [0.2, 0.25) is 0 Å². The summed E-state index contributed by atoms with van der Waals surface area (Å²) in [6.45, 7) is 4.69. The third-order valence-corrected chi connectivity index (χ3v) is 4.53. The van der Waals surface area contributed by atoms with E-state index in [1.807, 2.05) is 38.1 Å². The van der Waals surface area contributed by atoms with Gasteiger partial charge in [-0.15, -0.1) is 0 Å². The van der Waals surface area contributed by atoms with Crippen molar-refractivity contribution in [3.63, 3.8) is 0 Å². The summed E-state index contributed by atoms with van der Waals surface area (Å²) in [5.74, 6) is -0.130. The maximum atomic E-state index is 12.5. The van der Waals surface area contributed by atoms with Crippen molar-refractivity contribution in [1.82, 2.24) is 4.90 Å². The van der Waals surface area contributed by atoms with Crippen molar-refractivity contribution in [3.8, 4) is 5.75 Å². The first-order chi connectivity index (χ1) is 13.5. The molecule has 6 nitrogen and oxygen atoms in total. The number of nitrogens with one attached hydrogen (secondary N) is 1. The minimum atomic E-state index is -0.293. The highest BCUT2D eigenvalue weighted by atomic mass is 16.5. The SMILES string of the molecule is CCCOc1ccccc1NC(=O)CCCN1C(=O)c2ccc(C)cc2C1=O. The second kappa shape index (κ2) is 8.69. The number of nitrogens with zero attached hydrogens (tertiary/aromatic N) is 1. The number of hydrogen-bond acceptors (Lipinski definition) is 4. The summed E-state index contributed by atoms with van der Waals surface area (Å²) in [5.41, 5.74) is 2.43. The van der Waals surface area contributed by atoms with E-state index in [2.05, 4.69) is 5.32 Å². The molecule has 0 saturated carbocycles. The lowest BCUT2D eigenvalue weighted by molar-refractivity contribution is -0.116. The molecule has 1 heterocycles. The largest absolute Gasteiger partial charge is 0.491 e. The van der Waals surface area contributed by atoms with E-state index < -0.39 is 0 Å². The number of amides is 3. The number of carbonyl (C=O) groups excluding carboxylic acids is 3. The van der Waals surface area contributed by atoms with Gasteiger partial charge >= 0.3 is 0 Å². The van der Waals surface area contributed by atoms with E-state index in [0.717, 1.165) is 12.0 Å². The molecule has 2 aromatic rings. The van der Waals surface area contributed by atoms with Gasteiger partial charge in [-0.05, 0) is 44.0 Å². The molecule has 1 N–H and O–H groups in total. The molecule has 0 atom stereocenters. The van der Waals surface area contributed by atoms with Crippen LogP contribution in [0.4, 0.5) is 5.69 Å². The summed E-state index contributed by atoms with van der Waals surface area (Å²) in [7, 11) is 0. The summed E-state index contributed by atoms with van der Waals surface area (Å²) in [5, 5.41) is 2.84. The maximum Gasteiger partial charge on any atom is 0.261 e. The first-order valence-corrected chi connectivity index (χ1v) is 9.49. The molecule has 28 heavy (non-hydrogen) atoms. The Kier molecular flexibility index (Phi) is 6.09. The van der Waals surface area contributed by atoms with Crippen molar-refractivity contribution < 1.29 is 19.1 Å².